The molecule has 5 heteroatoms. The van der Waals surface area contributed by atoms with Crippen LogP contribution < -0.4 is 5.32 Å². The van der Waals surface area contributed by atoms with Crippen molar-refractivity contribution in [2.24, 2.45) is 17.3 Å². The smallest absolute Gasteiger partial charge is 0.317 e. The van der Waals surface area contributed by atoms with Crippen molar-refractivity contribution < 1.29 is 14.7 Å². The van der Waals surface area contributed by atoms with E-state index in [-0.39, 0.29) is 11.9 Å². The van der Waals surface area contributed by atoms with Crippen LogP contribution in [0.2, 0.25) is 0 Å². The first kappa shape index (κ1) is 13.2. The van der Waals surface area contributed by atoms with Crippen molar-refractivity contribution in [1.29, 1.82) is 0 Å². The maximum Gasteiger partial charge on any atom is 0.317 e. The highest BCUT2D eigenvalue weighted by Gasteiger charge is 2.48. The summed E-state index contributed by atoms with van der Waals surface area (Å²) >= 11 is 0. The van der Waals surface area contributed by atoms with E-state index in [1.54, 1.807) is 4.90 Å². The van der Waals surface area contributed by atoms with E-state index in [0.29, 0.717) is 25.4 Å². The molecule has 0 radical (unpaired) electrons. The predicted octanol–water partition coefficient (Wildman–Crippen LogP) is 1.54. The van der Waals surface area contributed by atoms with Gasteiger partial charge in [-0.15, -0.1) is 0 Å². The normalized spacial score (nSPS) is 27.6. The Morgan fingerprint density at radius 2 is 2.11 bits per heavy atom. The number of carbonyl (C=O) groups is 2. The SMILES string of the molecule is CC(C)C1(C(=O)O)CCN(C(=O)NCC2CC2)C1. The lowest BCUT2D eigenvalue weighted by Gasteiger charge is -2.28. The maximum atomic E-state index is 11.9. The molecule has 102 valence electrons. The Hall–Kier alpha value is -1.26. The molecule has 5 nitrogen and oxygen atoms in total. The average molecular weight is 254 g/mol. The van der Waals surface area contributed by atoms with E-state index in [1.165, 1.54) is 12.8 Å². The highest BCUT2D eigenvalue weighted by Crippen LogP contribution is 2.38. The van der Waals surface area contributed by atoms with Crippen molar-refractivity contribution in [2.75, 3.05) is 19.6 Å². The topological polar surface area (TPSA) is 69.6 Å². The van der Waals surface area contributed by atoms with Crippen LogP contribution in [0.4, 0.5) is 4.79 Å². The molecule has 2 N–H and O–H groups in total. The number of nitrogens with zero attached hydrogens (tertiary/aromatic N) is 1. The Morgan fingerprint density at radius 3 is 2.56 bits per heavy atom. The van der Waals surface area contributed by atoms with Crippen molar-refractivity contribution in [3.63, 3.8) is 0 Å². The van der Waals surface area contributed by atoms with Crippen molar-refractivity contribution in [3.05, 3.63) is 0 Å². The molecule has 0 spiro atoms. The largest absolute Gasteiger partial charge is 0.481 e. The number of hydrogen-bond donors (Lipinski definition) is 2. The molecule has 1 atom stereocenters. The summed E-state index contributed by atoms with van der Waals surface area (Å²) in [5, 5.41) is 12.3. The van der Waals surface area contributed by atoms with Gasteiger partial charge in [0.15, 0.2) is 0 Å². The molecular formula is C13H22N2O3. The van der Waals surface area contributed by atoms with Gasteiger partial charge in [0, 0.05) is 19.6 Å². The highest BCUT2D eigenvalue weighted by molar-refractivity contribution is 5.80. The van der Waals surface area contributed by atoms with Crippen LogP contribution in [-0.2, 0) is 4.79 Å². The van der Waals surface area contributed by atoms with Crippen LogP contribution in [0.25, 0.3) is 0 Å². The molecule has 0 aromatic rings. The molecule has 1 heterocycles. The molecule has 1 aliphatic heterocycles. The standard InChI is InChI=1S/C13H22N2O3/c1-9(2)13(11(16)17)5-6-15(8-13)12(18)14-7-10-3-4-10/h9-10H,3-8H2,1-2H3,(H,14,18)(H,16,17). The number of carbonyl (C=O) groups excluding carboxylic acids is 1. The molecule has 0 aromatic heterocycles. The third kappa shape index (κ3) is 2.44. The van der Waals surface area contributed by atoms with Gasteiger partial charge in [-0.2, -0.15) is 0 Å². The molecule has 1 saturated carbocycles. The number of urea groups is 1. The summed E-state index contributed by atoms with van der Waals surface area (Å²) < 4.78 is 0. The van der Waals surface area contributed by atoms with E-state index in [4.69, 9.17) is 0 Å². The Labute approximate surface area is 108 Å². The van der Waals surface area contributed by atoms with Crippen LogP contribution in [0.5, 0.6) is 0 Å². The summed E-state index contributed by atoms with van der Waals surface area (Å²) in [5.41, 5.74) is -0.767. The number of hydrogen-bond acceptors (Lipinski definition) is 2. The summed E-state index contributed by atoms with van der Waals surface area (Å²) in [4.78, 5) is 25.0. The van der Waals surface area contributed by atoms with Gasteiger partial charge in [0.1, 0.15) is 0 Å². The number of nitrogens with one attached hydrogen (secondary N) is 1. The number of amides is 2. The Balaban J connectivity index is 1.92. The lowest BCUT2D eigenvalue weighted by molar-refractivity contribution is -0.150. The van der Waals surface area contributed by atoms with Gasteiger partial charge < -0.3 is 15.3 Å². The summed E-state index contributed by atoms with van der Waals surface area (Å²) in [6, 6.07) is -0.106. The van der Waals surface area contributed by atoms with Crippen LogP contribution in [0, 0.1) is 17.3 Å². The Bertz CT molecular complexity index is 352. The lowest BCUT2D eigenvalue weighted by atomic mass is 9.76. The zero-order valence-corrected chi connectivity index (χ0v) is 11.1. The average Bonchev–Trinajstić information content (AvgIpc) is 3.01. The van der Waals surface area contributed by atoms with Crippen molar-refractivity contribution >= 4 is 12.0 Å². The molecule has 2 amide bonds. The zero-order chi connectivity index (χ0) is 13.3. The lowest BCUT2D eigenvalue weighted by Crippen LogP contribution is -2.44. The Kier molecular flexibility index (Phi) is 3.50. The van der Waals surface area contributed by atoms with Crippen LogP contribution in [0.15, 0.2) is 0 Å². The Morgan fingerprint density at radius 1 is 1.44 bits per heavy atom. The fourth-order valence-electron chi connectivity index (χ4n) is 2.56. The van der Waals surface area contributed by atoms with E-state index in [1.807, 2.05) is 13.8 Å². The monoisotopic (exact) mass is 254 g/mol. The third-order valence-corrected chi connectivity index (χ3v) is 4.36. The van der Waals surface area contributed by atoms with Gasteiger partial charge in [0.2, 0.25) is 0 Å². The number of aliphatic carboxylic acids is 1. The summed E-state index contributed by atoms with van der Waals surface area (Å²) in [6.07, 6.45) is 2.95. The van der Waals surface area contributed by atoms with E-state index >= 15 is 0 Å². The second kappa shape index (κ2) is 4.78. The molecule has 2 rings (SSSR count). The fourth-order valence-corrected chi connectivity index (χ4v) is 2.56. The first-order valence-corrected chi connectivity index (χ1v) is 6.72. The second-order valence-electron chi connectivity index (χ2n) is 5.92. The van der Waals surface area contributed by atoms with Crippen LogP contribution in [0.1, 0.15) is 33.1 Å². The second-order valence-corrected chi connectivity index (χ2v) is 5.92. The van der Waals surface area contributed by atoms with E-state index in [2.05, 4.69) is 5.32 Å². The number of likely N-dealkylation sites (tertiary alicyclic amines) is 1. The van der Waals surface area contributed by atoms with Crippen LogP contribution in [-0.4, -0.2) is 41.6 Å². The minimum absolute atomic E-state index is 0.0382. The van der Waals surface area contributed by atoms with Gasteiger partial charge in [-0.1, -0.05) is 13.8 Å². The molecule has 1 unspecified atom stereocenters. The molecule has 18 heavy (non-hydrogen) atoms. The molecule has 0 bridgehead atoms. The van der Waals surface area contributed by atoms with Crippen LogP contribution >= 0.6 is 0 Å². The van der Waals surface area contributed by atoms with E-state index in [0.717, 1.165) is 6.54 Å². The van der Waals surface area contributed by atoms with Gasteiger partial charge in [-0.05, 0) is 31.1 Å². The van der Waals surface area contributed by atoms with E-state index in [9.17, 15) is 14.7 Å². The van der Waals surface area contributed by atoms with Gasteiger partial charge in [-0.3, -0.25) is 4.79 Å². The molecule has 1 aliphatic carbocycles. The molecule has 2 aliphatic rings. The maximum absolute atomic E-state index is 11.9. The number of carboxylic acids is 1. The first-order chi connectivity index (χ1) is 8.45. The molecule has 0 aromatic carbocycles. The highest BCUT2D eigenvalue weighted by atomic mass is 16.4. The zero-order valence-electron chi connectivity index (χ0n) is 11.1. The minimum Gasteiger partial charge on any atom is -0.481 e. The van der Waals surface area contributed by atoms with Gasteiger partial charge in [-0.25, -0.2) is 4.79 Å². The predicted molar refractivity (Wildman–Crippen MR) is 67.2 cm³/mol. The van der Waals surface area contributed by atoms with Gasteiger partial charge in [0.25, 0.3) is 0 Å². The van der Waals surface area contributed by atoms with Crippen molar-refractivity contribution in [1.82, 2.24) is 10.2 Å². The van der Waals surface area contributed by atoms with Gasteiger partial charge >= 0.3 is 12.0 Å². The van der Waals surface area contributed by atoms with E-state index < -0.39 is 11.4 Å². The van der Waals surface area contributed by atoms with Crippen LogP contribution in [0.3, 0.4) is 0 Å². The molecular weight excluding hydrogens is 232 g/mol. The third-order valence-electron chi connectivity index (χ3n) is 4.36. The fraction of sp³-hybridized carbons (Fsp3) is 0.846. The summed E-state index contributed by atoms with van der Waals surface area (Å²) in [7, 11) is 0. The number of carboxylic acid groups (broad SMARTS) is 1. The number of rotatable bonds is 4. The first-order valence-electron chi connectivity index (χ1n) is 6.72. The minimum atomic E-state index is -0.782. The summed E-state index contributed by atoms with van der Waals surface area (Å²) in [6.45, 7) is 5.44. The quantitative estimate of drug-likeness (QED) is 0.799. The van der Waals surface area contributed by atoms with Crippen molar-refractivity contribution in [2.45, 2.75) is 33.1 Å². The van der Waals surface area contributed by atoms with Gasteiger partial charge in [0.05, 0.1) is 5.41 Å². The van der Waals surface area contributed by atoms with Crippen molar-refractivity contribution in [3.8, 4) is 0 Å². The molecule has 1 saturated heterocycles. The summed E-state index contributed by atoms with van der Waals surface area (Å²) in [5.74, 6) is -0.0999. The molecule has 2 fully saturated rings.